The summed E-state index contributed by atoms with van der Waals surface area (Å²) < 4.78 is 0. The molecule has 3 saturated carbocycles. The normalized spacial score (nSPS) is 42.4. The Hall–Kier alpha value is -0.0400. The molecule has 3 fully saturated rings. The van der Waals surface area contributed by atoms with Crippen molar-refractivity contribution in [3.05, 3.63) is 0 Å². The van der Waals surface area contributed by atoms with E-state index in [-0.39, 0.29) is 0 Å². The third kappa shape index (κ3) is 1.71. The van der Waals surface area contributed by atoms with Crippen molar-refractivity contribution in [2.75, 3.05) is 6.54 Å². The summed E-state index contributed by atoms with van der Waals surface area (Å²) in [6.07, 6.45) is 12.1. The van der Waals surface area contributed by atoms with Crippen molar-refractivity contribution in [1.29, 1.82) is 0 Å². The molecule has 1 N–H and O–H groups in total. The summed E-state index contributed by atoms with van der Waals surface area (Å²) in [5, 5.41) is 3.85. The van der Waals surface area contributed by atoms with E-state index in [0.29, 0.717) is 0 Å². The van der Waals surface area contributed by atoms with Gasteiger partial charge in [-0.25, -0.2) is 0 Å². The van der Waals surface area contributed by atoms with Crippen LogP contribution in [0.2, 0.25) is 0 Å². The summed E-state index contributed by atoms with van der Waals surface area (Å²) in [6.45, 7) is 1.33. The van der Waals surface area contributed by atoms with Crippen LogP contribution < -0.4 is 5.32 Å². The first-order valence-corrected chi connectivity index (χ1v) is 6.65. The molecule has 3 atom stereocenters. The van der Waals surface area contributed by atoms with Crippen LogP contribution in [0.4, 0.5) is 0 Å². The van der Waals surface area contributed by atoms with Gasteiger partial charge in [0.15, 0.2) is 0 Å². The van der Waals surface area contributed by atoms with Crippen LogP contribution in [-0.2, 0) is 0 Å². The lowest BCUT2D eigenvalue weighted by Gasteiger charge is -2.24. The van der Waals surface area contributed by atoms with Gasteiger partial charge in [0.05, 0.1) is 0 Å². The molecule has 0 spiro atoms. The lowest BCUT2D eigenvalue weighted by molar-refractivity contribution is 0.329. The summed E-state index contributed by atoms with van der Waals surface area (Å²) in [7, 11) is 0. The second-order valence-electron chi connectivity index (χ2n) is 5.84. The second kappa shape index (κ2) is 3.84. The van der Waals surface area contributed by atoms with Gasteiger partial charge in [-0.1, -0.05) is 19.3 Å². The molecule has 0 aromatic rings. The van der Waals surface area contributed by atoms with Crippen LogP contribution in [0.5, 0.6) is 0 Å². The molecule has 1 nitrogen and oxygen atoms in total. The average Bonchev–Trinajstić information content (AvgIpc) is 2.91. The predicted molar refractivity (Wildman–Crippen MR) is 59.2 cm³/mol. The van der Waals surface area contributed by atoms with Gasteiger partial charge in [0.2, 0.25) is 0 Å². The van der Waals surface area contributed by atoms with Crippen LogP contribution in [0.1, 0.15) is 51.4 Å². The van der Waals surface area contributed by atoms with Crippen molar-refractivity contribution in [1.82, 2.24) is 5.32 Å². The minimum Gasteiger partial charge on any atom is -0.313 e. The number of rotatable bonds is 3. The van der Waals surface area contributed by atoms with E-state index in [9.17, 15) is 0 Å². The van der Waals surface area contributed by atoms with Crippen molar-refractivity contribution in [3.8, 4) is 0 Å². The van der Waals surface area contributed by atoms with Gasteiger partial charge in [0.25, 0.3) is 0 Å². The zero-order valence-corrected chi connectivity index (χ0v) is 9.17. The number of hydrogen-bond donors (Lipinski definition) is 1. The molecule has 0 heterocycles. The van der Waals surface area contributed by atoms with E-state index in [2.05, 4.69) is 5.32 Å². The average molecular weight is 193 g/mol. The van der Waals surface area contributed by atoms with E-state index in [1.54, 1.807) is 6.42 Å². The minimum atomic E-state index is 0.911. The van der Waals surface area contributed by atoms with Crippen LogP contribution >= 0.6 is 0 Å². The quantitative estimate of drug-likeness (QED) is 0.726. The molecular formula is C13H23N. The fourth-order valence-electron chi connectivity index (χ4n) is 4.03. The highest BCUT2D eigenvalue weighted by atomic mass is 14.9. The molecule has 80 valence electrons. The summed E-state index contributed by atoms with van der Waals surface area (Å²) in [5.41, 5.74) is 0. The number of hydrogen-bond acceptors (Lipinski definition) is 1. The number of fused-ring (bicyclic) bond motifs is 2. The highest BCUT2D eigenvalue weighted by Gasteiger charge is 2.39. The molecule has 3 unspecified atom stereocenters. The first-order chi connectivity index (χ1) is 6.92. The molecule has 3 aliphatic rings. The van der Waals surface area contributed by atoms with Crippen molar-refractivity contribution in [2.45, 2.75) is 57.4 Å². The van der Waals surface area contributed by atoms with Gasteiger partial charge in [-0.05, 0) is 56.4 Å². The van der Waals surface area contributed by atoms with Gasteiger partial charge < -0.3 is 5.32 Å². The Morgan fingerprint density at radius 2 is 1.79 bits per heavy atom. The Balaban J connectivity index is 1.44. The lowest BCUT2D eigenvalue weighted by atomic mass is 9.95. The summed E-state index contributed by atoms with van der Waals surface area (Å²) in [5.74, 6) is 3.18. The van der Waals surface area contributed by atoms with Crippen LogP contribution in [0.25, 0.3) is 0 Å². The SMILES string of the molecule is C1CCC(CNC2CC3CCC2C3)C1. The Morgan fingerprint density at radius 3 is 2.43 bits per heavy atom. The second-order valence-corrected chi connectivity index (χ2v) is 5.84. The van der Waals surface area contributed by atoms with Crippen molar-refractivity contribution < 1.29 is 0 Å². The molecule has 0 aliphatic heterocycles. The van der Waals surface area contributed by atoms with E-state index in [4.69, 9.17) is 0 Å². The monoisotopic (exact) mass is 193 g/mol. The Morgan fingerprint density at radius 1 is 0.929 bits per heavy atom. The van der Waals surface area contributed by atoms with Crippen molar-refractivity contribution in [3.63, 3.8) is 0 Å². The van der Waals surface area contributed by atoms with E-state index in [1.165, 1.54) is 51.5 Å². The topological polar surface area (TPSA) is 12.0 Å². The lowest BCUT2D eigenvalue weighted by Crippen LogP contribution is -2.36. The fraction of sp³-hybridized carbons (Fsp3) is 1.00. The predicted octanol–water partition coefficient (Wildman–Crippen LogP) is 2.95. The van der Waals surface area contributed by atoms with Gasteiger partial charge in [0.1, 0.15) is 0 Å². The van der Waals surface area contributed by atoms with Gasteiger partial charge in [-0.15, -0.1) is 0 Å². The third-order valence-corrected chi connectivity index (χ3v) is 4.88. The summed E-state index contributed by atoms with van der Waals surface area (Å²) in [4.78, 5) is 0. The first-order valence-electron chi connectivity index (χ1n) is 6.65. The summed E-state index contributed by atoms with van der Waals surface area (Å²) in [6, 6.07) is 0.911. The van der Waals surface area contributed by atoms with E-state index in [1.807, 2.05) is 0 Å². The molecule has 2 bridgehead atoms. The first kappa shape index (κ1) is 9.21. The highest BCUT2D eigenvalue weighted by Crippen LogP contribution is 2.44. The largest absolute Gasteiger partial charge is 0.313 e. The number of nitrogens with one attached hydrogen (secondary N) is 1. The Labute approximate surface area is 87.7 Å². The molecule has 1 heteroatoms. The zero-order valence-electron chi connectivity index (χ0n) is 9.17. The molecule has 3 rings (SSSR count). The molecule has 0 amide bonds. The van der Waals surface area contributed by atoms with Gasteiger partial charge >= 0.3 is 0 Å². The summed E-state index contributed by atoms with van der Waals surface area (Å²) >= 11 is 0. The maximum absolute atomic E-state index is 3.85. The van der Waals surface area contributed by atoms with Gasteiger partial charge in [0, 0.05) is 6.04 Å². The maximum Gasteiger partial charge on any atom is 0.00981 e. The van der Waals surface area contributed by atoms with Crippen LogP contribution in [0, 0.1) is 17.8 Å². The van der Waals surface area contributed by atoms with Gasteiger partial charge in [-0.3, -0.25) is 0 Å². The minimum absolute atomic E-state index is 0.911. The highest BCUT2D eigenvalue weighted by molar-refractivity contribution is 4.94. The molecule has 0 radical (unpaired) electrons. The third-order valence-electron chi connectivity index (χ3n) is 4.88. The Kier molecular flexibility index (Phi) is 2.53. The van der Waals surface area contributed by atoms with Crippen molar-refractivity contribution >= 4 is 0 Å². The Bertz CT molecular complexity index is 195. The molecular weight excluding hydrogens is 170 g/mol. The van der Waals surface area contributed by atoms with Crippen LogP contribution in [-0.4, -0.2) is 12.6 Å². The molecule has 0 saturated heterocycles. The zero-order chi connectivity index (χ0) is 9.38. The van der Waals surface area contributed by atoms with E-state index in [0.717, 1.165) is 23.8 Å². The molecule has 0 aromatic carbocycles. The van der Waals surface area contributed by atoms with Crippen LogP contribution in [0.3, 0.4) is 0 Å². The molecule has 3 aliphatic carbocycles. The fourth-order valence-corrected chi connectivity index (χ4v) is 4.03. The molecule has 0 aromatic heterocycles. The van der Waals surface area contributed by atoms with Crippen molar-refractivity contribution in [2.24, 2.45) is 17.8 Å². The smallest absolute Gasteiger partial charge is 0.00981 e. The van der Waals surface area contributed by atoms with E-state index < -0.39 is 0 Å². The van der Waals surface area contributed by atoms with Crippen LogP contribution in [0.15, 0.2) is 0 Å². The maximum atomic E-state index is 3.85. The standard InChI is InChI=1S/C13H23N/c1-2-4-10(3-1)9-14-13-8-11-5-6-12(13)7-11/h10-14H,1-9H2. The van der Waals surface area contributed by atoms with Gasteiger partial charge in [-0.2, -0.15) is 0 Å². The van der Waals surface area contributed by atoms with E-state index >= 15 is 0 Å². The molecule has 14 heavy (non-hydrogen) atoms.